The molecule has 0 atom stereocenters. The zero-order valence-electron chi connectivity index (χ0n) is 11.9. The summed E-state index contributed by atoms with van der Waals surface area (Å²) >= 11 is 0. The number of anilines is 1. The van der Waals surface area contributed by atoms with Crippen LogP contribution in [0.4, 0.5) is 5.69 Å². The highest BCUT2D eigenvalue weighted by Crippen LogP contribution is 2.25. The van der Waals surface area contributed by atoms with E-state index in [0.29, 0.717) is 0 Å². The van der Waals surface area contributed by atoms with Crippen LogP contribution in [0.5, 0.6) is 0 Å². The second-order valence-corrected chi connectivity index (χ2v) is 5.58. The summed E-state index contributed by atoms with van der Waals surface area (Å²) in [6.45, 7) is 3.66. The molecule has 100 valence electrons. The van der Waals surface area contributed by atoms with Gasteiger partial charge in [0.2, 0.25) is 0 Å². The fraction of sp³-hybridized carbons (Fsp3) is 0.625. The molecule has 1 aliphatic rings. The molecule has 2 rings (SSSR count). The summed E-state index contributed by atoms with van der Waals surface area (Å²) in [6.07, 6.45) is 6.56. The van der Waals surface area contributed by atoms with Gasteiger partial charge in [-0.2, -0.15) is 0 Å². The highest BCUT2D eigenvalue weighted by Gasteiger charge is 2.13. The summed E-state index contributed by atoms with van der Waals surface area (Å²) < 4.78 is 0. The smallest absolute Gasteiger partial charge is 0.0398 e. The predicted molar refractivity (Wildman–Crippen MR) is 79.4 cm³/mol. The number of hydrogen-bond acceptors (Lipinski definition) is 2. The van der Waals surface area contributed by atoms with Crippen LogP contribution in [0.25, 0.3) is 0 Å². The van der Waals surface area contributed by atoms with Gasteiger partial charge in [0.1, 0.15) is 0 Å². The van der Waals surface area contributed by atoms with Gasteiger partial charge in [0, 0.05) is 18.8 Å². The van der Waals surface area contributed by atoms with Crippen molar-refractivity contribution in [1.29, 1.82) is 0 Å². The molecule has 1 fully saturated rings. The van der Waals surface area contributed by atoms with Crippen LogP contribution in [0.2, 0.25) is 0 Å². The van der Waals surface area contributed by atoms with Crippen LogP contribution >= 0.6 is 0 Å². The molecule has 2 heteroatoms. The molecule has 2 nitrogen and oxygen atoms in total. The molecule has 1 aromatic rings. The van der Waals surface area contributed by atoms with Crippen LogP contribution in [-0.4, -0.2) is 38.6 Å². The van der Waals surface area contributed by atoms with Crippen LogP contribution in [0, 0.1) is 0 Å². The van der Waals surface area contributed by atoms with Crippen molar-refractivity contribution in [3.05, 3.63) is 29.8 Å². The lowest BCUT2D eigenvalue weighted by Crippen LogP contribution is -2.30. The van der Waals surface area contributed by atoms with Crippen molar-refractivity contribution in [3.8, 4) is 0 Å². The Morgan fingerprint density at radius 2 is 1.78 bits per heavy atom. The Bertz CT molecular complexity index is 354. The molecule has 0 aliphatic carbocycles. The molecule has 0 N–H and O–H groups in total. The third kappa shape index (κ3) is 3.74. The summed E-state index contributed by atoms with van der Waals surface area (Å²) in [4.78, 5) is 4.85. The largest absolute Gasteiger partial charge is 0.371 e. The van der Waals surface area contributed by atoms with Gasteiger partial charge in [0.25, 0.3) is 0 Å². The number of hydrogen-bond donors (Lipinski definition) is 0. The van der Waals surface area contributed by atoms with E-state index in [1.165, 1.54) is 63.0 Å². The Morgan fingerprint density at radius 1 is 1.06 bits per heavy atom. The van der Waals surface area contributed by atoms with Crippen molar-refractivity contribution in [2.24, 2.45) is 0 Å². The summed E-state index contributed by atoms with van der Waals surface area (Å²) in [5.41, 5.74) is 3.01. The molecule has 0 spiro atoms. The van der Waals surface area contributed by atoms with E-state index in [2.05, 4.69) is 48.2 Å². The maximum atomic E-state index is 2.58. The number of aryl methyl sites for hydroxylation is 1. The van der Waals surface area contributed by atoms with Crippen LogP contribution < -0.4 is 4.90 Å². The van der Waals surface area contributed by atoms with Gasteiger partial charge in [0.15, 0.2) is 0 Å². The predicted octanol–water partition coefficient (Wildman–Crippen LogP) is 3.17. The van der Waals surface area contributed by atoms with Gasteiger partial charge in [0.05, 0.1) is 0 Å². The Morgan fingerprint density at radius 3 is 2.50 bits per heavy atom. The molecule has 1 heterocycles. The van der Waals surface area contributed by atoms with Gasteiger partial charge in [-0.15, -0.1) is 0 Å². The fourth-order valence-electron chi connectivity index (χ4n) is 2.75. The number of piperidine rings is 1. The van der Waals surface area contributed by atoms with Crippen LogP contribution in [0.15, 0.2) is 24.3 Å². The number of nitrogens with zero attached hydrogens (tertiary/aromatic N) is 2. The number of rotatable bonds is 5. The van der Waals surface area contributed by atoms with Crippen molar-refractivity contribution in [1.82, 2.24) is 4.90 Å². The van der Waals surface area contributed by atoms with Crippen LogP contribution in [0.1, 0.15) is 31.2 Å². The molecule has 0 saturated carbocycles. The summed E-state index contributed by atoms with van der Waals surface area (Å²) in [5, 5.41) is 0. The minimum atomic E-state index is 1.17. The molecule has 1 saturated heterocycles. The van der Waals surface area contributed by atoms with Crippen molar-refractivity contribution < 1.29 is 0 Å². The van der Waals surface area contributed by atoms with Gasteiger partial charge < -0.3 is 9.80 Å². The Labute approximate surface area is 112 Å². The standard InChI is InChI=1S/C16H26N2/c1-17(2)12-8-10-15-9-4-5-11-16(15)18-13-6-3-7-14-18/h4-5,9,11H,3,6-8,10,12-14H2,1-2H3. The van der Waals surface area contributed by atoms with Crippen molar-refractivity contribution >= 4 is 5.69 Å². The summed E-state index contributed by atoms with van der Waals surface area (Å²) in [5.74, 6) is 0. The monoisotopic (exact) mass is 246 g/mol. The topological polar surface area (TPSA) is 6.48 Å². The minimum absolute atomic E-state index is 1.17. The first-order chi connectivity index (χ1) is 8.77. The first-order valence-electron chi connectivity index (χ1n) is 7.25. The Hall–Kier alpha value is -1.02. The third-order valence-electron chi connectivity index (χ3n) is 3.74. The molecule has 0 unspecified atom stereocenters. The van der Waals surface area contributed by atoms with E-state index >= 15 is 0 Å². The second-order valence-electron chi connectivity index (χ2n) is 5.58. The Balaban J connectivity index is 2.00. The van der Waals surface area contributed by atoms with E-state index in [1.807, 2.05) is 0 Å². The van der Waals surface area contributed by atoms with E-state index in [4.69, 9.17) is 0 Å². The lowest BCUT2D eigenvalue weighted by molar-refractivity contribution is 0.400. The van der Waals surface area contributed by atoms with Gasteiger partial charge in [-0.1, -0.05) is 18.2 Å². The maximum Gasteiger partial charge on any atom is 0.0398 e. The van der Waals surface area contributed by atoms with Gasteiger partial charge >= 0.3 is 0 Å². The molecular formula is C16H26N2. The minimum Gasteiger partial charge on any atom is -0.371 e. The Kier molecular flexibility index (Phi) is 5.06. The maximum absolute atomic E-state index is 2.58. The quantitative estimate of drug-likeness (QED) is 0.787. The fourth-order valence-corrected chi connectivity index (χ4v) is 2.75. The van der Waals surface area contributed by atoms with Crippen molar-refractivity contribution in [2.75, 3.05) is 38.6 Å². The number of para-hydroxylation sites is 1. The van der Waals surface area contributed by atoms with Crippen molar-refractivity contribution in [2.45, 2.75) is 32.1 Å². The first-order valence-corrected chi connectivity index (χ1v) is 7.25. The molecule has 1 aromatic carbocycles. The molecule has 0 amide bonds. The van der Waals surface area contributed by atoms with Crippen LogP contribution in [-0.2, 0) is 6.42 Å². The van der Waals surface area contributed by atoms with E-state index in [0.717, 1.165) is 0 Å². The lowest BCUT2D eigenvalue weighted by Gasteiger charge is -2.30. The van der Waals surface area contributed by atoms with Crippen LogP contribution in [0.3, 0.4) is 0 Å². The van der Waals surface area contributed by atoms with Crippen molar-refractivity contribution in [3.63, 3.8) is 0 Å². The molecule has 1 aliphatic heterocycles. The molecule has 18 heavy (non-hydrogen) atoms. The van der Waals surface area contributed by atoms with Gasteiger partial charge in [-0.3, -0.25) is 0 Å². The highest BCUT2D eigenvalue weighted by atomic mass is 15.1. The average Bonchev–Trinajstić information content (AvgIpc) is 2.40. The molecule has 0 aromatic heterocycles. The highest BCUT2D eigenvalue weighted by molar-refractivity contribution is 5.54. The van der Waals surface area contributed by atoms with Gasteiger partial charge in [-0.25, -0.2) is 0 Å². The third-order valence-corrected chi connectivity index (χ3v) is 3.74. The van der Waals surface area contributed by atoms with Gasteiger partial charge in [-0.05, 0) is 64.4 Å². The second kappa shape index (κ2) is 6.79. The summed E-state index contributed by atoms with van der Waals surface area (Å²) in [6, 6.07) is 8.97. The average molecular weight is 246 g/mol. The van der Waals surface area contributed by atoms with E-state index < -0.39 is 0 Å². The van der Waals surface area contributed by atoms with E-state index in [-0.39, 0.29) is 0 Å². The number of benzene rings is 1. The summed E-state index contributed by atoms with van der Waals surface area (Å²) in [7, 11) is 4.30. The SMILES string of the molecule is CN(C)CCCc1ccccc1N1CCCCC1. The van der Waals surface area contributed by atoms with E-state index in [9.17, 15) is 0 Å². The molecule has 0 radical (unpaired) electrons. The molecule has 0 bridgehead atoms. The van der Waals surface area contributed by atoms with E-state index in [1.54, 1.807) is 0 Å². The lowest BCUT2D eigenvalue weighted by atomic mass is 10.0. The first kappa shape index (κ1) is 13.4. The zero-order chi connectivity index (χ0) is 12.8. The zero-order valence-corrected chi connectivity index (χ0v) is 11.9. The molecular weight excluding hydrogens is 220 g/mol. The normalized spacial score (nSPS) is 16.3.